The average Bonchev–Trinajstić information content (AvgIpc) is 2.88. The van der Waals surface area contributed by atoms with Gasteiger partial charge in [0.25, 0.3) is 5.91 Å². The predicted molar refractivity (Wildman–Crippen MR) is 137 cm³/mol. The molecule has 2 aliphatic rings. The van der Waals surface area contributed by atoms with Crippen LogP contribution in [0.15, 0.2) is 101 Å². The van der Waals surface area contributed by atoms with Crippen LogP contribution in [-0.4, -0.2) is 18.8 Å². The van der Waals surface area contributed by atoms with Gasteiger partial charge in [0.1, 0.15) is 11.6 Å². The number of hydrogen-bond acceptors (Lipinski definition) is 4. The molecule has 6 heteroatoms. The SMILES string of the molecule is COc1ccccc1[C@@H]1C(C(=O)Nc2cccc(F)c2)=C(C)NC2=C1C(=O)C[C@@H](c1ccccc1)C2. The minimum atomic E-state index is -0.616. The maximum Gasteiger partial charge on any atom is 0.254 e. The second-order valence-corrected chi connectivity index (χ2v) is 9.13. The lowest BCUT2D eigenvalue weighted by molar-refractivity contribution is -0.116. The number of benzene rings is 3. The van der Waals surface area contributed by atoms with Gasteiger partial charge >= 0.3 is 0 Å². The highest BCUT2D eigenvalue weighted by molar-refractivity contribution is 6.10. The van der Waals surface area contributed by atoms with Crippen LogP contribution in [0.4, 0.5) is 10.1 Å². The molecule has 1 heterocycles. The summed E-state index contributed by atoms with van der Waals surface area (Å²) in [5, 5.41) is 6.19. The van der Waals surface area contributed by atoms with Crippen LogP contribution in [0.3, 0.4) is 0 Å². The van der Waals surface area contributed by atoms with Crippen LogP contribution in [0.2, 0.25) is 0 Å². The van der Waals surface area contributed by atoms with E-state index in [4.69, 9.17) is 4.74 Å². The molecule has 2 N–H and O–H groups in total. The maximum absolute atomic E-state index is 13.8. The molecule has 0 spiro atoms. The Bertz CT molecular complexity index is 1390. The van der Waals surface area contributed by atoms with Crippen LogP contribution in [0, 0.1) is 5.82 Å². The summed E-state index contributed by atoms with van der Waals surface area (Å²) in [6.45, 7) is 1.84. The van der Waals surface area contributed by atoms with Gasteiger partial charge in [0.05, 0.1) is 13.0 Å². The number of allylic oxidation sites excluding steroid dienone is 3. The number of dihydropyridines is 1. The fourth-order valence-corrected chi connectivity index (χ4v) is 5.28. The first-order chi connectivity index (χ1) is 17.5. The number of halogens is 1. The standard InChI is InChI=1S/C30H27FN2O3/c1-18-27(30(35)33-22-12-8-11-21(31)17-22)28(23-13-6-7-14-26(23)36-2)29-24(32-18)15-20(16-25(29)34)19-9-4-3-5-10-19/h3-14,17,20,28,32H,15-16H2,1-2H3,(H,33,35)/t20-,28+/m0/s1. The van der Waals surface area contributed by atoms with E-state index in [1.165, 1.54) is 18.2 Å². The Labute approximate surface area is 209 Å². The van der Waals surface area contributed by atoms with Crippen LogP contribution in [0.1, 0.15) is 42.7 Å². The van der Waals surface area contributed by atoms with Gasteiger partial charge in [0.2, 0.25) is 0 Å². The van der Waals surface area contributed by atoms with E-state index in [1.54, 1.807) is 13.2 Å². The van der Waals surface area contributed by atoms with Crippen molar-refractivity contribution in [3.05, 3.63) is 118 Å². The van der Waals surface area contributed by atoms with Crippen LogP contribution in [-0.2, 0) is 9.59 Å². The van der Waals surface area contributed by atoms with E-state index >= 15 is 0 Å². The van der Waals surface area contributed by atoms with Crippen molar-refractivity contribution in [3.8, 4) is 5.75 Å². The zero-order valence-corrected chi connectivity index (χ0v) is 20.2. The third kappa shape index (κ3) is 4.42. The number of methoxy groups -OCH3 is 1. The van der Waals surface area contributed by atoms with Gasteiger partial charge < -0.3 is 15.4 Å². The van der Waals surface area contributed by atoms with E-state index in [0.29, 0.717) is 41.1 Å². The fraction of sp³-hybridized carbons (Fsp3) is 0.200. The minimum absolute atomic E-state index is 0.00272. The summed E-state index contributed by atoms with van der Waals surface area (Å²) in [5.74, 6) is -0.809. The van der Waals surface area contributed by atoms with Gasteiger partial charge in [-0.2, -0.15) is 0 Å². The van der Waals surface area contributed by atoms with Gasteiger partial charge in [-0.3, -0.25) is 9.59 Å². The molecule has 1 aliphatic carbocycles. The Balaban J connectivity index is 1.59. The summed E-state index contributed by atoms with van der Waals surface area (Å²) < 4.78 is 19.4. The molecular weight excluding hydrogens is 455 g/mol. The van der Waals surface area contributed by atoms with Gasteiger partial charge in [-0.15, -0.1) is 0 Å². The van der Waals surface area contributed by atoms with E-state index in [-0.39, 0.29) is 11.7 Å². The molecule has 0 fully saturated rings. The molecule has 0 unspecified atom stereocenters. The van der Waals surface area contributed by atoms with E-state index < -0.39 is 17.6 Å². The molecular formula is C30H27FN2O3. The number of ketones is 1. The summed E-state index contributed by atoms with van der Waals surface area (Å²) in [6, 6.07) is 23.2. The minimum Gasteiger partial charge on any atom is -0.496 e. The number of ether oxygens (including phenoxy) is 1. The van der Waals surface area contributed by atoms with Crippen molar-refractivity contribution in [1.82, 2.24) is 5.32 Å². The third-order valence-corrected chi connectivity index (χ3v) is 6.88. The summed E-state index contributed by atoms with van der Waals surface area (Å²) in [5.41, 5.74) is 4.68. The number of nitrogens with one attached hydrogen (secondary N) is 2. The topological polar surface area (TPSA) is 67.4 Å². The molecule has 3 aromatic rings. The monoisotopic (exact) mass is 482 g/mol. The van der Waals surface area contributed by atoms with E-state index in [2.05, 4.69) is 10.6 Å². The van der Waals surface area contributed by atoms with Gasteiger partial charge in [0, 0.05) is 40.2 Å². The highest BCUT2D eigenvalue weighted by Gasteiger charge is 2.41. The lowest BCUT2D eigenvalue weighted by Crippen LogP contribution is -2.37. The molecule has 3 aromatic carbocycles. The highest BCUT2D eigenvalue weighted by Crippen LogP contribution is 2.47. The van der Waals surface area contributed by atoms with Crippen LogP contribution in [0.5, 0.6) is 5.75 Å². The Morgan fingerprint density at radius 2 is 1.75 bits per heavy atom. The van der Waals surface area contributed by atoms with Crippen molar-refractivity contribution < 1.29 is 18.7 Å². The van der Waals surface area contributed by atoms with E-state index in [9.17, 15) is 14.0 Å². The molecule has 0 radical (unpaired) electrons. The molecule has 0 saturated heterocycles. The first-order valence-corrected chi connectivity index (χ1v) is 11.9. The lowest BCUT2D eigenvalue weighted by Gasteiger charge is -2.37. The Morgan fingerprint density at radius 1 is 1.00 bits per heavy atom. The number of carbonyl (C=O) groups is 2. The molecule has 182 valence electrons. The van der Waals surface area contributed by atoms with Gasteiger partial charge in [-0.25, -0.2) is 4.39 Å². The molecule has 1 aliphatic heterocycles. The Morgan fingerprint density at radius 3 is 2.50 bits per heavy atom. The summed E-state index contributed by atoms with van der Waals surface area (Å²) >= 11 is 0. The fourth-order valence-electron chi connectivity index (χ4n) is 5.28. The van der Waals surface area contributed by atoms with E-state index in [0.717, 1.165) is 16.8 Å². The van der Waals surface area contributed by atoms with Gasteiger partial charge in [-0.05, 0) is 49.1 Å². The van der Waals surface area contributed by atoms with Gasteiger partial charge in [0.15, 0.2) is 5.78 Å². The first kappa shape index (κ1) is 23.5. The van der Waals surface area contributed by atoms with Crippen LogP contribution in [0.25, 0.3) is 0 Å². The second-order valence-electron chi connectivity index (χ2n) is 9.13. The Kier molecular flexibility index (Phi) is 6.42. The Hall–Kier alpha value is -4.19. The lowest BCUT2D eigenvalue weighted by atomic mass is 9.71. The number of amides is 1. The van der Waals surface area contributed by atoms with Crippen molar-refractivity contribution in [3.63, 3.8) is 0 Å². The maximum atomic E-state index is 13.8. The molecule has 5 nitrogen and oxygen atoms in total. The molecule has 0 saturated carbocycles. The van der Waals surface area contributed by atoms with Crippen molar-refractivity contribution in [2.45, 2.75) is 31.6 Å². The van der Waals surface area contributed by atoms with Gasteiger partial charge in [-0.1, -0.05) is 54.6 Å². The molecule has 1 amide bonds. The van der Waals surface area contributed by atoms with Crippen molar-refractivity contribution in [1.29, 1.82) is 0 Å². The average molecular weight is 483 g/mol. The molecule has 2 atom stereocenters. The number of Topliss-reactive ketones (excluding diaryl/α,β-unsaturated/α-hetero) is 1. The first-order valence-electron chi connectivity index (χ1n) is 11.9. The number of carbonyl (C=O) groups excluding carboxylic acids is 2. The van der Waals surface area contributed by atoms with Crippen LogP contribution >= 0.6 is 0 Å². The summed E-state index contributed by atoms with van der Waals surface area (Å²) in [7, 11) is 1.58. The number of anilines is 1. The van der Waals surface area contributed by atoms with Crippen molar-refractivity contribution in [2.75, 3.05) is 12.4 Å². The smallest absolute Gasteiger partial charge is 0.254 e. The second kappa shape index (κ2) is 9.82. The van der Waals surface area contributed by atoms with Crippen LogP contribution < -0.4 is 15.4 Å². The molecule has 0 bridgehead atoms. The number of hydrogen-bond donors (Lipinski definition) is 2. The summed E-state index contributed by atoms with van der Waals surface area (Å²) in [6.07, 6.45) is 1.01. The van der Waals surface area contributed by atoms with Crippen molar-refractivity contribution >= 4 is 17.4 Å². The predicted octanol–water partition coefficient (Wildman–Crippen LogP) is 5.83. The molecule has 36 heavy (non-hydrogen) atoms. The quantitative estimate of drug-likeness (QED) is 0.480. The zero-order chi connectivity index (χ0) is 25.2. The molecule has 0 aromatic heterocycles. The molecule has 5 rings (SSSR count). The third-order valence-electron chi connectivity index (χ3n) is 6.88. The van der Waals surface area contributed by atoms with Crippen molar-refractivity contribution in [2.24, 2.45) is 0 Å². The largest absolute Gasteiger partial charge is 0.496 e. The normalized spacial score (nSPS) is 19.5. The zero-order valence-electron chi connectivity index (χ0n) is 20.2. The highest BCUT2D eigenvalue weighted by atomic mass is 19.1. The summed E-state index contributed by atoms with van der Waals surface area (Å²) in [4.78, 5) is 27.4. The number of para-hydroxylation sites is 1. The number of rotatable bonds is 5. The van der Waals surface area contributed by atoms with E-state index in [1.807, 2.05) is 61.5 Å².